The molecule has 1 aromatic rings. The van der Waals surface area contributed by atoms with Gasteiger partial charge in [0, 0.05) is 49.4 Å². The Morgan fingerprint density at radius 1 is 1.29 bits per heavy atom. The third-order valence-electron chi connectivity index (χ3n) is 1.94. The fourth-order valence-corrected chi connectivity index (χ4v) is 1.64. The van der Waals surface area contributed by atoms with Crippen molar-refractivity contribution >= 4 is 13.8 Å². The standard InChI is InChI=1S/C9H10NO5P.Eu/c11-7-3-1-6(2-4-7)5-8(9(12)13)10-16(14)15;/h1-4,8,11H,5H2,(H,12,13)(H,10,14,15);. The van der Waals surface area contributed by atoms with Crippen molar-refractivity contribution in [2.75, 3.05) is 0 Å². The van der Waals surface area contributed by atoms with E-state index in [2.05, 4.69) is 0 Å². The molecular formula is C9H10EuNO5P. The first-order chi connectivity index (χ1) is 7.49. The Labute approximate surface area is 139 Å². The monoisotopic (exact) mass is 396 g/mol. The molecule has 1 radical (unpaired) electrons. The summed E-state index contributed by atoms with van der Waals surface area (Å²) in [4.78, 5) is 10.7. The molecule has 17 heavy (non-hydrogen) atoms. The van der Waals surface area contributed by atoms with Crippen LogP contribution in [0.2, 0.25) is 0 Å². The zero-order valence-electron chi connectivity index (χ0n) is 8.54. The molecule has 0 heterocycles. The molecule has 0 saturated heterocycles. The molecule has 0 spiro atoms. The van der Waals surface area contributed by atoms with Crippen molar-refractivity contribution in [3.05, 3.63) is 29.8 Å². The van der Waals surface area contributed by atoms with Crippen molar-refractivity contribution < 1.29 is 73.5 Å². The van der Waals surface area contributed by atoms with Crippen molar-refractivity contribution in [2.24, 2.45) is 0 Å². The minimum atomic E-state index is -2.95. The van der Waals surface area contributed by atoms with Crippen LogP contribution in [0.4, 0.5) is 0 Å². The first-order valence-electron chi connectivity index (χ1n) is 4.40. The van der Waals surface area contributed by atoms with E-state index in [9.17, 15) is 13.9 Å². The van der Waals surface area contributed by atoms with Crippen LogP contribution < -0.4 is 5.09 Å². The quantitative estimate of drug-likeness (QED) is 0.645. The van der Waals surface area contributed by atoms with Crippen molar-refractivity contribution in [3.8, 4) is 5.75 Å². The van der Waals surface area contributed by atoms with Crippen LogP contribution in [-0.4, -0.2) is 22.2 Å². The van der Waals surface area contributed by atoms with Gasteiger partial charge in [0.05, 0.1) is 0 Å². The van der Waals surface area contributed by atoms with E-state index in [1.54, 1.807) is 0 Å². The Bertz CT molecular complexity index is 437. The average Bonchev–Trinajstić information content (AvgIpc) is 2.19. The predicted octanol–water partition coefficient (Wildman–Crippen LogP) is 1.07. The summed E-state index contributed by atoms with van der Waals surface area (Å²) in [6.07, 6.45) is 0.0267. The van der Waals surface area contributed by atoms with Crippen LogP contribution in [-0.2, 0) is 20.3 Å². The van der Waals surface area contributed by atoms with Crippen molar-refractivity contribution in [3.63, 3.8) is 0 Å². The van der Waals surface area contributed by atoms with Crippen LogP contribution in [0.25, 0.3) is 0 Å². The van der Waals surface area contributed by atoms with Crippen LogP contribution in [0.5, 0.6) is 5.75 Å². The van der Waals surface area contributed by atoms with Crippen LogP contribution in [0.3, 0.4) is 0 Å². The summed E-state index contributed by atoms with van der Waals surface area (Å²) in [5, 5.41) is 19.7. The molecule has 0 fully saturated rings. The van der Waals surface area contributed by atoms with E-state index in [1.807, 2.05) is 5.09 Å². The van der Waals surface area contributed by atoms with E-state index >= 15 is 0 Å². The summed E-state index contributed by atoms with van der Waals surface area (Å²) < 4.78 is 20.8. The smallest absolute Gasteiger partial charge is 0.396 e. The Morgan fingerprint density at radius 2 is 1.82 bits per heavy atom. The molecule has 0 saturated carbocycles. The van der Waals surface area contributed by atoms with Gasteiger partial charge >= 0.3 is 13.8 Å². The molecule has 0 aromatic heterocycles. The van der Waals surface area contributed by atoms with Crippen LogP contribution >= 0.6 is 7.83 Å². The minimum absolute atomic E-state index is 0. The van der Waals surface area contributed by atoms with Gasteiger partial charge in [0.15, 0.2) is 0 Å². The summed E-state index contributed by atoms with van der Waals surface area (Å²) in [7, 11) is -2.95. The molecule has 0 aliphatic carbocycles. The van der Waals surface area contributed by atoms with Gasteiger partial charge in [-0.05, 0) is 24.1 Å². The third kappa shape index (κ3) is 6.43. The van der Waals surface area contributed by atoms with Gasteiger partial charge in [0.2, 0.25) is 0 Å². The second kappa shape index (κ2) is 8.11. The van der Waals surface area contributed by atoms with E-state index in [-0.39, 0.29) is 61.5 Å². The number of aromatic hydroxyl groups is 1. The predicted molar refractivity (Wildman–Crippen MR) is 54.7 cm³/mol. The number of nitrogens with one attached hydrogen (secondary N) is 1. The number of hydrogen-bond acceptors (Lipinski definition) is 4. The van der Waals surface area contributed by atoms with Crippen molar-refractivity contribution in [2.45, 2.75) is 12.5 Å². The number of hydrogen-bond donors (Lipinski definition) is 3. The molecule has 0 bridgehead atoms. The van der Waals surface area contributed by atoms with Crippen molar-refractivity contribution in [1.82, 2.24) is 5.09 Å². The third-order valence-corrected chi connectivity index (χ3v) is 2.46. The molecule has 93 valence electrons. The van der Waals surface area contributed by atoms with E-state index in [1.165, 1.54) is 24.3 Å². The maximum absolute atomic E-state index is 10.7. The molecule has 1 rings (SSSR count). The van der Waals surface area contributed by atoms with Crippen LogP contribution in [0, 0.1) is 49.4 Å². The number of carboxylic acids is 1. The molecule has 8 heteroatoms. The van der Waals surface area contributed by atoms with E-state index in [0.29, 0.717) is 5.56 Å². The molecule has 1 unspecified atom stereocenters. The fourth-order valence-electron chi connectivity index (χ4n) is 1.18. The van der Waals surface area contributed by atoms with Gasteiger partial charge in [0.1, 0.15) is 11.8 Å². The van der Waals surface area contributed by atoms with Crippen molar-refractivity contribution in [1.29, 1.82) is 0 Å². The maximum atomic E-state index is 10.7. The molecule has 0 aliphatic heterocycles. The second-order valence-corrected chi connectivity index (χ2v) is 3.92. The van der Waals surface area contributed by atoms with E-state index in [4.69, 9.17) is 10.2 Å². The summed E-state index contributed by atoms with van der Waals surface area (Å²) in [6.45, 7) is 0. The van der Waals surface area contributed by atoms with E-state index in [0.717, 1.165) is 0 Å². The first kappa shape index (κ1) is 16.9. The number of carbonyl (C=O) groups is 1. The van der Waals surface area contributed by atoms with Gasteiger partial charge < -0.3 is 10.2 Å². The Hall–Kier alpha value is -0.0656. The maximum Gasteiger partial charge on any atom is 0.396 e. The Balaban J connectivity index is 0.00000256. The van der Waals surface area contributed by atoms with E-state index < -0.39 is 19.8 Å². The van der Waals surface area contributed by atoms with Gasteiger partial charge in [0.25, 0.3) is 0 Å². The molecule has 6 nitrogen and oxygen atoms in total. The number of aliphatic carboxylic acids is 1. The second-order valence-electron chi connectivity index (χ2n) is 3.15. The molecule has 1 atom stereocenters. The van der Waals surface area contributed by atoms with Gasteiger partial charge in [-0.2, -0.15) is 5.09 Å². The van der Waals surface area contributed by atoms with Crippen LogP contribution in [0.1, 0.15) is 5.56 Å². The largest absolute Gasteiger partial charge is 0.508 e. The summed E-state index contributed by atoms with van der Waals surface area (Å²) >= 11 is 0. The minimum Gasteiger partial charge on any atom is -0.508 e. The number of rotatable bonds is 5. The van der Waals surface area contributed by atoms with Gasteiger partial charge in [-0.3, -0.25) is 4.79 Å². The number of phenols is 1. The number of phenolic OH excluding ortho intramolecular Hbond substituents is 1. The average molecular weight is 395 g/mol. The summed E-state index contributed by atoms with van der Waals surface area (Å²) in [6, 6.07) is 4.69. The molecular weight excluding hydrogens is 385 g/mol. The first-order valence-corrected chi connectivity index (χ1v) is 5.58. The zero-order chi connectivity index (χ0) is 12.1. The summed E-state index contributed by atoms with van der Waals surface area (Å²) in [5.74, 6) is -1.18. The van der Waals surface area contributed by atoms with Gasteiger partial charge in [-0.25, -0.2) is 9.13 Å². The Kier molecular flexibility index (Phi) is 8.08. The SMILES string of the molecule is O=C(O)C(Cc1ccc(O)cc1)NP(=O)=O.[Eu]. The van der Waals surface area contributed by atoms with Gasteiger partial charge in [-0.15, -0.1) is 0 Å². The molecule has 0 amide bonds. The topological polar surface area (TPSA) is 104 Å². The number of benzene rings is 1. The Morgan fingerprint density at radius 3 is 2.24 bits per heavy atom. The molecule has 1 aromatic carbocycles. The molecule has 3 N–H and O–H groups in total. The zero-order valence-corrected chi connectivity index (χ0v) is 11.9. The molecule has 0 aliphatic rings. The summed E-state index contributed by atoms with van der Waals surface area (Å²) in [5.41, 5.74) is 0.620. The normalized spacial score (nSPS) is 11.3. The van der Waals surface area contributed by atoms with Gasteiger partial charge in [-0.1, -0.05) is 12.1 Å². The number of carboxylic acid groups (broad SMARTS) is 1. The van der Waals surface area contributed by atoms with Crippen LogP contribution in [0.15, 0.2) is 24.3 Å². The fraction of sp³-hybridized carbons (Fsp3) is 0.222.